The number of aryl methyl sites for hydroxylation is 2. The van der Waals surface area contributed by atoms with E-state index in [0.717, 1.165) is 11.3 Å². The molecule has 6 heteroatoms. The molecule has 1 aromatic rings. The maximum Gasteiger partial charge on any atom is 0.305 e. The van der Waals surface area contributed by atoms with Crippen LogP contribution in [0.15, 0.2) is 6.07 Å². The third kappa shape index (κ3) is 3.94. The molecule has 0 atom stereocenters. The van der Waals surface area contributed by atoms with Gasteiger partial charge in [-0.05, 0) is 31.9 Å². The van der Waals surface area contributed by atoms with E-state index < -0.39 is 5.91 Å². The summed E-state index contributed by atoms with van der Waals surface area (Å²) in [6, 6.07) is 1.83. The molecule has 6 nitrogen and oxygen atoms in total. The molecule has 0 aliphatic heterocycles. The van der Waals surface area contributed by atoms with Crippen molar-refractivity contribution in [3.8, 4) is 0 Å². The number of carbonyl (C=O) groups excluding carboxylic acids is 2. The van der Waals surface area contributed by atoms with Crippen LogP contribution < -0.4 is 10.6 Å². The van der Waals surface area contributed by atoms with Crippen molar-refractivity contribution in [2.45, 2.75) is 26.7 Å². The Hall–Kier alpha value is -2.11. The molecular formula is C14H21N3O3. The van der Waals surface area contributed by atoms with E-state index in [9.17, 15) is 9.59 Å². The number of amides is 1. The molecule has 2 N–H and O–H groups in total. The minimum atomic E-state index is -0.496. The van der Waals surface area contributed by atoms with Crippen LogP contribution in [-0.2, 0) is 9.53 Å². The molecule has 110 valence electrons. The second-order valence-electron chi connectivity index (χ2n) is 4.74. The first-order chi connectivity index (χ1) is 9.36. The number of hydrogen-bond donors (Lipinski definition) is 1. The molecule has 0 radical (unpaired) electrons. The van der Waals surface area contributed by atoms with Crippen LogP contribution in [0.1, 0.15) is 34.5 Å². The van der Waals surface area contributed by atoms with Gasteiger partial charge in [0.1, 0.15) is 5.82 Å². The highest BCUT2D eigenvalue weighted by molar-refractivity contribution is 5.99. The summed E-state index contributed by atoms with van der Waals surface area (Å²) in [4.78, 5) is 28.9. The molecule has 1 heterocycles. The Morgan fingerprint density at radius 1 is 1.40 bits per heavy atom. The number of aromatic nitrogens is 1. The van der Waals surface area contributed by atoms with Gasteiger partial charge in [0, 0.05) is 25.7 Å². The summed E-state index contributed by atoms with van der Waals surface area (Å²) in [5.74, 6) is -0.188. The summed E-state index contributed by atoms with van der Waals surface area (Å²) in [6.07, 6.45) is 0.952. The Morgan fingerprint density at radius 3 is 2.60 bits per heavy atom. The molecule has 0 spiro atoms. The van der Waals surface area contributed by atoms with Crippen LogP contribution in [0.3, 0.4) is 0 Å². The maximum absolute atomic E-state index is 11.6. The van der Waals surface area contributed by atoms with E-state index in [4.69, 9.17) is 5.73 Å². The van der Waals surface area contributed by atoms with E-state index in [1.165, 1.54) is 7.11 Å². The van der Waals surface area contributed by atoms with Crippen LogP contribution in [0.25, 0.3) is 0 Å². The van der Waals surface area contributed by atoms with Gasteiger partial charge in [-0.2, -0.15) is 0 Å². The number of primary amides is 1. The van der Waals surface area contributed by atoms with Gasteiger partial charge in [-0.1, -0.05) is 0 Å². The van der Waals surface area contributed by atoms with E-state index in [1.54, 1.807) is 0 Å². The first-order valence-electron chi connectivity index (χ1n) is 6.42. The van der Waals surface area contributed by atoms with Crippen LogP contribution in [0, 0.1) is 13.8 Å². The molecule has 0 aliphatic rings. The lowest BCUT2D eigenvalue weighted by molar-refractivity contribution is -0.140. The van der Waals surface area contributed by atoms with E-state index in [1.807, 2.05) is 31.9 Å². The van der Waals surface area contributed by atoms with Crippen molar-refractivity contribution < 1.29 is 14.3 Å². The normalized spacial score (nSPS) is 10.2. The van der Waals surface area contributed by atoms with Crippen molar-refractivity contribution >= 4 is 17.7 Å². The lowest BCUT2D eigenvalue weighted by atomic mass is 10.1. The smallest absolute Gasteiger partial charge is 0.305 e. The van der Waals surface area contributed by atoms with E-state index in [0.29, 0.717) is 30.8 Å². The third-order valence-corrected chi connectivity index (χ3v) is 3.04. The predicted octanol–water partition coefficient (Wildman–Crippen LogP) is 1.19. The van der Waals surface area contributed by atoms with E-state index in [2.05, 4.69) is 9.72 Å². The monoisotopic (exact) mass is 279 g/mol. The molecule has 0 bridgehead atoms. The van der Waals surface area contributed by atoms with Gasteiger partial charge in [-0.3, -0.25) is 9.59 Å². The number of pyridine rings is 1. The number of ether oxygens (including phenoxy) is 1. The highest BCUT2D eigenvalue weighted by atomic mass is 16.5. The summed E-state index contributed by atoms with van der Waals surface area (Å²) < 4.78 is 4.59. The second-order valence-corrected chi connectivity index (χ2v) is 4.74. The molecule has 0 aromatic carbocycles. The predicted molar refractivity (Wildman–Crippen MR) is 76.7 cm³/mol. The van der Waals surface area contributed by atoms with E-state index >= 15 is 0 Å². The average molecular weight is 279 g/mol. The van der Waals surface area contributed by atoms with E-state index in [-0.39, 0.29) is 5.97 Å². The largest absolute Gasteiger partial charge is 0.469 e. The van der Waals surface area contributed by atoms with Gasteiger partial charge in [-0.25, -0.2) is 4.98 Å². The van der Waals surface area contributed by atoms with Gasteiger partial charge in [-0.15, -0.1) is 0 Å². The SMILES string of the molecule is COC(=O)CCCN(C)c1nc(C)cc(C)c1C(N)=O. The summed E-state index contributed by atoms with van der Waals surface area (Å²) in [6.45, 7) is 4.29. The van der Waals surface area contributed by atoms with Crippen molar-refractivity contribution in [1.29, 1.82) is 0 Å². The number of rotatable bonds is 6. The van der Waals surface area contributed by atoms with Crippen molar-refractivity contribution in [3.05, 3.63) is 22.9 Å². The minimum Gasteiger partial charge on any atom is -0.469 e. The zero-order valence-electron chi connectivity index (χ0n) is 12.4. The fourth-order valence-electron chi connectivity index (χ4n) is 2.07. The maximum atomic E-state index is 11.6. The molecule has 0 unspecified atom stereocenters. The Labute approximate surface area is 118 Å². The van der Waals surface area contributed by atoms with Gasteiger partial charge in [0.05, 0.1) is 12.7 Å². The van der Waals surface area contributed by atoms with Crippen LogP contribution in [0.5, 0.6) is 0 Å². The topological polar surface area (TPSA) is 85.5 Å². The highest BCUT2D eigenvalue weighted by Gasteiger charge is 2.17. The van der Waals surface area contributed by atoms with Crippen molar-refractivity contribution in [3.63, 3.8) is 0 Å². The zero-order valence-corrected chi connectivity index (χ0v) is 12.4. The molecular weight excluding hydrogens is 258 g/mol. The number of hydrogen-bond acceptors (Lipinski definition) is 5. The molecule has 1 amide bonds. The Kier molecular flexibility index (Phi) is 5.49. The second kappa shape index (κ2) is 6.88. The number of nitrogens with two attached hydrogens (primary N) is 1. The Balaban J connectivity index is 2.89. The summed E-state index contributed by atoms with van der Waals surface area (Å²) in [5, 5.41) is 0. The van der Waals surface area contributed by atoms with Crippen molar-refractivity contribution in [1.82, 2.24) is 4.98 Å². The van der Waals surface area contributed by atoms with Crippen molar-refractivity contribution in [2.75, 3.05) is 25.6 Å². The number of esters is 1. The molecule has 20 heavy (non-hydrogen) atoms. The van der Waals surface area contributed by atoms with Crippen LogP contribution in [-0.4, -0.2) is 37.6 Å². The minimum absolute atomic E-state index is 0.248. The van der Waals surface area contributed by atoms with Crippen molar-refractivity contribution in [2.24, 2.45) is 5.73 Å². The lowest BCUT2D eigenvalue weighted by Crippen LogP contribution is -2.26. The first kappa shape index (κ1) is 15.9. The van der Waals surface area contributed by atoms with Crippen LogP contribution >= 0.6 is 0 Å². The van der Waals surface area contributed by atoms with Crippen LogP contribution in [0.4, 0.5) is 5.82 Å². The third-order valence-electron chi connectivity index (χ3n) is 3.04. The molecule has 1 rings (SSSR count). The molecule has 0 fully saturated rings. The zero-order chi connectivity index (χ0) is 15.3. The van der Waals surface area contributed by atoms with Gasteiger partial charge in [0.25, 0.3) is 5.91 Å². The number of anilines is 1. The number of methoxy groups -OCH3 is 1. The van der Waals surface area contributed by atoms with Gasteiger partial charge in [0.2, 0.25) is 0 Å². The average Bonchev–Trinajstić information content (AvgIpc) is 2.36. The molecule has 0 aliphatic carbocycles. The Morgan fingerprint density at radius 2 is 2.05 bits per heavy atom. The Bertz CT molecular complexity index is 515. The summed E-state index contributed by atoms with van der Waals surface area (Å²) >= 11 is 0. The van der Waals surface area contributed by atoms with Gasteiger partial charge >= 0.3 is 5.97 Å². The summed E-state index contributed by atoms with van der Waals surface area (Å²) in [5.41, 5.74) is 7.48. The quantitative estimate of drug-likeness (QED) is 0.790. The first-order valence-corrected chi connectivity index (χ1v) is 6.42. The molecule has 0 saturated carbocycles. The standard InChI is InChI=1S/C14H21N3O3/c1-9-8-10(2)16-14(12(9)13(15)19)17(3)7-5-6-11(18)20-4/h8H,5-7H2,1-4H3,(H2,15,19). The summed E-state index contributed by atoms with van der Waals surface area (Å²) in [7, 11) is 3.19. The number of nitrogens with zero attached hydrogens (tertiary/aromatic N) is 2. The number of carbonyl (C=O) groups is 2. The molecule has 0 saturated heterocycles. The fraction of sp³-hybridized carbons (Fsp3) is 0.500. The highest BCUT2D eigenvalue weighted by Crippen LogP contribution is 2.21. The van der Waals surface area contributed by atoms with Gasteiger partial charge in [0.15, 0.2) is 0 Å². The lowest BCUT2D eigenvalue weighted by Gasteiger charge is -2.21. The van der Waals surface area contributed by atoms with Crippen LogP contribution in [0.2, 0.25) is 0 Å². The fourth-order valence-corrected chi connectivity index (χ4v) is 2.07. The molecule has 1 aromatic heterocycles. The van der Waals surface area contributed by atoms with Gasteiger partial charge < -0.3 is 15.4 Å².